The summed E-state index contributed by atoms with van der Waals surface area (Å²) >= 11 is 0. The lowest BCUT2D eigenvalue weighted by molar-refractivity contribution is 0.189. The van der Waals surface area contributed by atoms with E-state index in [0.29, 0.717) is 24.3 Å². The van der Waals surface area contributed by atoms with E-state index in [-0.39, 0.29) is 11.9 Å². The number of hydrogen-bond acceptors (Lipinski definition) is 3. The molecule has 0 radical (unpaired) electrons. The van der Waals surface area contributed by atoms with Gasteiger partial charge < -0.3 is 16.2 Å². The topological polar surface area (TPSA) is 58.3 Å². The van der Waals surface area contributed by atoms with Gasteiger partial charge in [-0.3, -0.25) is 0 Å². The summed E-state index contributed by atoms with van der Waals surface area (Å²) in [4.78, 5) is 0. The van der Waals surface area contributed by atoms with Crippen molar-refractivity contribution in [3.63, 3.8) is 0 Å². The second kappa shape index (κ2) is 4.81. The van der Waals surface area contributed by atoms with E-state index in [0.717, 1.165) is 0 Å². The zero-order chi connectivity index (χ0) is 10.6. The molecular formula is C10H15FN2O. The van der Waals surface area contributed by atoms with Crippen LogP contribution in [-0.2, 0) is 0 Å². The van der Waals surface area contributed by atoms with Crippen molar-refractivity contribution in [2.24, 2.45) is 0 Å². The molecule has 0 aliphatic carbocycles. The van der Waals surface area contributed by atoms with Gasteiger partial charge in [-0.25, -0.2) is 4.39 Å². The maximum Gasteiger partial charge on any atom is 0.125 e. The molecule has 1 unspecified atom stereocenters. The average molecular weight is 198 g/mol. The van der Waals surface area contributed by atoms with Crippen LogP contribution in [0, 0.1) is 5.82 Å². The van der Waals surface area contributed by atoms with Crippen LogP contribution < -0.4 is 11.1 Å². The largest absolute Gasteiger partial charge is 0.397 e. The van der Waals surface area contributed by atoms with Gasteiger partial charge in [0.15, 0.2) is 0 Å². The minimum Gasteiger partial charge on any atom is -0.397 e. The van der Waals surface area contributed by atoms with Gasteiger partial charge in [-0.1, -0.05) is 0 Å². The van der Waals surface area contributed by atoms with Crippen LogP contribution in [0.5, 0.6) is 0 Å². The van der Waals surface area contributed by atoms with E-state index in [1.807, 2.05) is 0 Å². The minimum atomic E-state index is -0.364. The van der Waals surface area contributed by atoms with Crippen LogP contribution in [0.15, 0.2) is 18.2 Å². The molecule has 0 aliphatic rings. The number of aliphatic hydroxyl groups excluding tert-OH is 1. The molecule has 1 aromatic rings. The highest BCUT2D eigenvalue weighted by molar-refractivity contribution is 5.65. The first-order chi connectivity index (χ1) is 6.59. The molecule has 0 spiro atoms. The van der Waals surface area contributed by atoms with Gasteiger partial charge in [-0.05, 0) is 31.5 Å². The van der Waals surface area contributed by atoms with Gasteiger partial charge >= 0.3 is 0 Å². The molecule has 1 aromatic carbocycles. The van der Waals surface area contributed by atoms with Crippen molar-refractivity contribution in [2.45, 2.75) is 19.4 Å². The Bertz CT molecular complexity index is 302. The third-order valence-electron chi connectivity index (χ3n) is 1.89. The highest BCUT2D eigenvalue weighted by Gasteiger charge is 2.01. The Morgan fingerprint density at radius 1 is 1.57 bits per heavy atom. The molecule has 0 heterocycles. The molecule has 0 fully saturated rings. The molecule has 1 rings (SSSR count). The SMILES string of the molecule is CC(O)CCNc1cc(F)ccc1N. The Morgan fingerprint density at radius 3 is 2.93 bits per heavy atom. The van der Waals surface area contributed by atoms with Crippen LogP contribution in [0.1, 0.15) is 13.3 Å². The Morgan fingerprint density at radius 2 is 2.29 bits per heavy atom. The highest BCUT2D eigenvalue weighted by atomic mass is 19.1. The molecule has 0 amide bonds. The molecule has 4 N–H and O–H groups in total. The molecule has 1 atom stereocenters. The first kappa shape index (κ1) is 10.8. The summed E-state index contributed by atoms with van der Waals surface area (Å²) in [6.07, 6.45) is 0.243. The monoisotopic (exact) mass is 198 g/mol. The normalized spacial score (nSPS) is 12.5. The van der Waals surface area contributed by atoms with E-state index < -0.39 is 0 Å². The van der Waals surface area contributed by atoms with E-state index in [9.17, 15) is 4.39 Å². The van der Waals surface area contributed by atoms with Crippen LogP contribution in [0.3, 0.4) is 0 Å². The summed E-state index contributed by atoms with van der Waals surface area (Å²) in [6, 6.07) is 4.17. The molecule has 3 nitrogen and oxygen atoms in total. The fraction of sp³-hybridized carbons (Fsp3) is 0.400. The lowest BCUT2D eigenvalue weighted by atomic mass is 10.2. The van der Waals surface area contributed by atoms with E-state index in [2.05, 4.69) is 5.32 Å². The summed E-state index contributed by atoms with van der Waals surface area (Å²) in [5, 5.41) is 12.0. The van der Waals surface area contributed by atoms with Gasteiger partial charge in [-0.15, -0.1) is 0 Å². The third kappa shape index (κ3) is 3.22. The van der Waals surface area contributed by atoms with Gasteiger partial charge in [0.25, 0.3) is 0 Å². The van der Waals surface area contributed by atoms with Crippen molar-refractivity contribution in [3.05, 3.63) is 24.0 Å². The van der Waals surface area contributed by atoms with Crippen LogP contribution in [0.2, 0.25) is 0 Å². The summed E-state index contributed by atoms with van der Waals surface area (Å²) < 4.78 is 12.8. The lowest BCUT2D eigenvalue weighted by Gasteiger charge is -2.10. The maximum absolute atomic E-state index is 12.8. The summed E-state index contributed by atoms with van der Waals surface area (Å²) in [5.41, 5.74) is 6.70. The fourth-order valence-corrected chi connectivity index (χ4v) is 1.10. The number of nitrogens with one attached hydrogen (secondary N) is 1. The molecule has 78 valence electrons. The molecule has 0 aliphatic heterocycles. The van der Waals surface area contributed by atoms with Gasteiger partial charge in [-0.2, -0.15) is 0 Å². The lowest BCUT2D eigenvalue weighted by Crippen LogP contribution is -2.10. The second-order valence-electron chi connectivity index (χ2n) is 3.30. The van der Waals surface area contributed by atoms with Gasteiger partial charge in [0.05, 0.1) is 17.5 Å². The molecule has 14 heavy (non-hydrogen) atoms. The number of hydrogen-bond donors (Lipinski definition) is 3. The Balaban J connectivity index is 2.53. The first-order valence-electron chi connectivity index (χ1n) is 4.56. The van der Waals surface area contributed by atoms with Crippen LogP contribution in [-0.4, -0.2) is 17.8 Å². The Kier molecular flexibility index (Phi) is 3.71. The number of halogens is 1. The van der Waals surface area contributed by atoms with Gasteiger partial charge in [0, 0.05) is 6.54 Å². The summed E-state index contributed by atoms with van der Waals surface area (Å²) in [5.74, 6) is -0.321. The van der Waals surface area contributed by atoms with E-state index in [1.54, 1.807) is 6.92 Å². The number of nitrogens with two attached hydrogens (primary N) is 1. The van der Waals surface area contributed by atoms with Gasteiger partial charge in [0.1, 0.15) is 5.82 Å². The quantitative estimate of drug-likeness (QED) is 0.644. The first-order valence-corrected chi connectivity index (χ1v) is 4.56. The summed E-state index contributed by atoms with van der Waals surface area (Å²) in [6.45, 7) is 2.28. The Hall–Kier alpha value is -1.29. The summed E-state index contributed by atoms with van der Waals surface area (Å²) in [7, 11) is 0. The number of nitrogen functional groups attached to an aromatic ring is 1. The van der Waals surface area contributed by atoms with Crippen molar-refractivity contribution in [1.29, 1.82) is 0 Å². The number of benzene rings is 1. The minimum absolute atomic E-state index is 0.321. The molecule has 4 heteroatoms. The van der Waals surface area contributed by atoms with Crippen molar-refractivity contribution >= 4 is 11.4 Å². The fourth-order valence-electron chi connectivity index (χ4n) is 1.10. The van der Waals surface area contributed by atoms with Crippen molar-refractivity contribution in [2.75, 3.05) is 17.6 Å². The van der Waals surface area contributed by atoms with Crippen molar-refractivity contribution in [1.82, 2.24) is 0 Å². The number of rotatable bonds is 4. The van der Waals surface area contributed by atoms with E-state index >= 15 is 0 Å². The van der Waals surface area contributed by atoms with Crippen molar-refractivity contribution < 1.29 is 9.50 Å². The standard InChI is InChI=1S/C10H15FN2O/c1-7(14)4-5-13-10-6-8(11)2-3-9(10)12/h2-3,6-7,13-14H,4-5,12H2,1H3. The average Bonchev–Trinajstić information content (AvgIpc) is 2.10. The Labute approximate surface area is 82.7 Å². The molecule has 0 saturated heterocycles. The molecule has 0 saturated carbocycles. The van der Waals surface area contributed by atoms with Crippen LogP contribution in [0.25, 0.3) is 0 Å². The zero-order valence-corrected chi connectivity index (χ0v) is 8.13. The van der Waals surface area contributed by atoms with Crippen molar-refractivity contribution in [3.8, 4) is 0 Å². The predicted octanol–water partition coefficient (Wildman–Crippen LogP) is 1.59. The van der Waals surface area contributed by atoms with E-state index in [1.165, 1.54) is 18.2 Å². The number of aliphatic hydroxyl groups is 1. The molecule has 0 aromatic heterocycles. The molecule has 0 bridgehead atoms. The van der Waals surface area contributed by atoms with Gasteiger partial charge in [0.2, 0.25) is 0 Å². The predicted molar refractivity (Wildman–Crippen MR) is 55.6 cm³/mol. The second-order valence-corrected chi connectivity index (χ2v) is 3.30. The smallest absolute Gasteiger partial charge is 0.125 e. The third-order valence-corrected chi connectivity index (χ3v) is 1.89. The highest BCUT2D eigenvalue weighted by Crippen LogP contribution is 2.18. The molecular weight excluding hydrogens is 183 g/mol. The zero-order valence-electron chi connectivity index (χ0n) is 8.13. The van der Waals surface area contributed by atoms with Crippen LogP contribution >= 0.6 is 0 Å². The number of anilines is 2. The maximum atomic E-state index is 12.8. The van der Waals surface area contributed by atoms with Crippen LogP contribution in [0.4, 0.5) is 15.8 Å². The van der Waals surface area contributed by atoms with E-state index in [4.69, 9.17) is 10.8 Å².